The fourth-order valence-electron chi connectivity index (χ4n) is 8.79. The van der Waals surface area contributed by atoms with Crippen LogP contribution < -0.4 is 26.6 Å². The van der Waals surface area contributed by atoms with E-state index in [-0.39, 0.29) is 36.9 Å². The van der Waals surface area contributed by atoms with Crippen LogP contribution in [-0.4, -0.2) is 101 Å². The Morgan fingerprint density at radius 1 is 0.625 bits per heavy atom. The Morgan fingerprint density at radius 3 is 1.66 bits per heavy atom. The molecule has 1 unspecified atom stereocenters. The standard InChI is InChI=1S/C51H80N6O7/c1-9-19-36(7)30-40-25-27-41(28-26-40)48(61)55-43(31-38-20-13-11-14-21-38)50(63)52-37(8)47(60)54-44(32-39-22-15-12-16-23-39)51(64)53-42(24-17-18-29-57(10-2)35(5)6)49(62)56-45(33-58)46(59)34(3)4/h11-16,20-23,34-37,40-45,58H,9-10,17-19,24-33H2,1-8H3,(H,52,63)(H,53,64)(H,54,60)(H,55,61)(H,56,62)/t36?,37-,40?,41?,42-,43-,44-,45-/m0/s1. The summed E-state index contributed by atoms with van der Waals surface area (Å²) in [6, 6.07) is 13.5. The molecule has 0 aliphatic heterocycles. The van der Waals surface area contributed by atoms with Crippen molar-refractivity contribution in [2.75, 3.05) is 19.7 Å². The van der Waals surface area contributed by atoms with Crippen LogP contribution in [0.4, 0.5) is 0 Å². The molecule has 13 heteroatoms. The highest BCUT2D eigenvalue weighted by Gasteiger charge is 2.34. The summed E-state index contributed by atoms with van der Waals surface area (Å²) in [5.41, 5.74) is 1.61. The van der Waals surface area contributed by atoms with Crippen LogP contribution in [0.1, 0.15) is 131 Å². The van der Waals surface area contributed by atoms with Gasteiger partial charge in [-0.3, -0.25) is 28.8 Å². The lowest BCUT2D eigenvalue weighted by Crippen LogP contribution is -2.59. The maximum atomic E-state index is 14.2. The molecule has 0 bridgehead atoms. The van der Waals surface area contributed by atoms with Gasteiger partial charge < -0.3 is 36.6 Å². The van der Waals surface area contributed by atoms with E-state index in [4.69, 9.17) is 0 Å². The summed E-state index contributed by atoms with van der Waals surface area (Å²) in [5.74, 6) is -2.21. The van der Waals surface area contributed by atoms with Crippen molar-refractivity contribution in [2.45, 2.75) is 169 Å². The summed E-state index contributed by atoms with van der Waals surface area (Å²) in [7, 11) is 0. The second-order valence-corrected chi connectivity index (χ2v) is 18.7. The molecule has 1 aliphatic rings. The molecular formula is C51H80N6O7. The average Bonchev–Trinajstić information content (AvgIpc) is 3.27. The number of rotatable bonds is 28. The molecule has 356 valence electrons. The fourth-order valence-corrected chi connectivity index (χ4v) is 8.79. The summed E-state index contributed by atoms with van der Waals surface area (Å²) in [6.45, 7) is 16.8. The number of aliphatic hydroxyl groups excluding tert-OH is 1. The van der Waals surface area contributed by atoms with Crippen LogP contribution in [0.25, 0.3) is 0 Å². The molecule has 6 atom stereocenters. The maximum absolute atomic E-state index is 14.2. The molecule has 5 amide bonds. The van der Waals surface area contributed by atoms with E-state index >= 15 is 0 Å². The van der Waals surface area contributed by atoms with E-state index in [0.717, 1.165) is 56.3 Å². The molecule has 13 nitrogen and oxygen atoms in total. The summed E-state index contributed by atoms with van der Waals surface area (Å²) < 4.78 is 0. The minimum Gasteiger partial charge on any atom is -0.394 e. The van der Waals surface area contributed by atoms with E-state index in [1.807, 2.05) is 60.7 Å². The van der Waals surface area contributed by atoms with Crippen LogP contribution in [0, 0.1) is 23.7 Å². The van der Waals surface area contributed by atoms with Crippen LogP contribution in [-0.2, 0) is 41.6 Å². The van der Waals surface area contributed by atoms with Crippen molar-refractivity contribution in [2.24, 2.45) is 23.7 Å². The van der Waals surface area contributed by atoms with Crippen molar-refractivity contribution < 1.29 is 33.9 Å². The Labute approximate surface area is 383 Å². The predicted octanol–water partition coefficient (Wildman–Crippen LogP) is 5.67. The predicted molar refractivity (Wildman–Crippen MR) is 253 cm³/mol. The maximum Gasteiger partial charge on any atom is 0.243 e. The molecule has 6 N–H and O–H groups in total. The van der Waals surface area contributed by atoms with Crippen LogP contribution in [0.15, 0.2) is 60.7 Å². The van der Waals surface area contributed by atoms with Crippen molar-refractivity contribution in [1.29, 1.82) is 0 Å². The van der Waals surface area contributed by atoms with Gasteiger partial charge in [0.1, 0.15) is 30.2 Å². The Hall–Kier alpha value is -4.62. The summed E-state index contributed by atoms with van der Waals surface area (Å²) in [6.07, 6.45) is 8.98. The van der Waals surface area contributed by atoms with E-state index in [1.165, 1.54) is 26.2 Å². The van der Waals surface area contributed by atoms with Gasteiger partial charge in [-0.25, -0.2) is 0 Å². The molecule has 1 saturated carbocycles. The normalized spacial score (nSPS) is 18.0. The summed E-state index contributed by atoms with van der Waals surface area (Å²) in [5, 5.41) is 24.2. The molecule has 0 aromatic heterocycles. The lowest BCUT2D eigenvalue weighted by atomic mass is 9.77. The number of nitrogens with one attached hydrogen (secondary N) is 5. The van der Waals surface area contributed by atoms with Crippen molar-refractivity contribution in [3.63, 3.8) is 0 Å². The molecule has 3 rings (SSSR count). The van der Waals surface area contributed by atoms with Crippen LogP contribution in [0.3, 0.4) is 0 Å². The molecule has 2 aromatic carbocycles. The minimum atomic E-state index is -1.15. The van der Waals surface area contributed by atoms with Gasteiger partial charge in [-0.05, 0) is 108 Å². The number of aliphatic hydroxyl groups is 1. The molecule has 2 aromatic rings. The highest BCUT2D eigenvalue weighted by atomic mass is 16.3. The van der Waals surface area contributed by atoms with Gasteiger partial charge in [0.15, 0.2) is 5.78 Å². The topological polar surface area (TPSA) is 186 Å². The van der Waals surface area contributed by atoms with E-state index in [1.54, 1.807) is 13.8 Å². The zero-order valence-corrected chi connectivity index (χ0v) is 40.0. The van der Waals surface area contributed by atoms with Gasteiger partial charge in [-0.1, -0.05) is 108 Å². The minimum absolute atomic E-state index is 0.0881. The third kappa shape index (κ3) is 18.5. The van der Waals surface area contributed by atoms with Gasteiger partial charge in [0.2, 0.25) is 29.5 Å². The van der Waals surface area contributed by atoms with Crippen molar-refractivity contribution in [3.8, 4) is 0 Å². The average molecular weight is 889 g/mol. The third-order valence-corrected chi connectivity index (χ3v) is 12.7. The number of benzene rings is 2. The first-order chi connectivity index (χ1) is 30.6. The van der Waals surface area contributed by atoms with E-state index in [0.29, 0.717) is 24.3 Å². The first-order valence-corrected chi connectivity index (χ1v) is 24.0. The van der Waals surface area contributed by atoms with Gasteiger partial charge in [0.05, 0.1) is 6.61 Å². The Kier molecular flexibility index (Phi) is 23.8. The van der Waals surface area contributed by atoms with E-state index in [2.05, 4.69) is 66.1 Å². The second-order valence-electron chi connectivity index (χ2n) is 18.7. The Morgan fingerprint density at radius 2 is 1.14 bits per heavy atom. The number of hydrogen-bond acceptors (Lipinski definition) is 8. The highest BCUT2D eigenvalue weighted by Crippen LogP contribution is 2.34. The van der Waals surface area contributed by atoms with Gasteiger partial charge in [0.25, 0.3) is 0 Å². The Balaban J connectivity index is 1.78. The van der Waals surface area contributed by atoms with Gasteiger partial charge in [0, 0.05) is 30.7 Å². The first kappa shape index (κ1) is 53.7. The zero-order valence-electron chi connectivity index (χ0n) is 40.0. The number of carbonyl (C=O) groups is 6. The molecule has 1 aliphatic carbocycles. The van der Waals surface area contributed by atoms with Crippen LogP contribution >= 0.6 is 0 Å². The molecule has 0 spiro atoms. The number of amides is 5. The number of ketones is 1. The number of hydrogen-bond donors (Lipinski definition) is 6. The molecule has 1 fully saturated rings. The summed E-state index contributed by atoms with van der Waals surface area (Å²) >= 11 is 0. The molecule has 0 heterocycles. The van der Waals surface area contributed by atoms with Crippen LogP contribution in [0.5, 0.6) is 0 Å². The van der Waals surface area contributed by atoms with Gasteiger partial charge in [-0.2, -0.15) is 0 Å². The zero-order chi connectivity index (χ0) is 47.2. The lowest BCUT2D eigenvalue weighted by molar-refractivity contribution is -0.135. The number of unbranched alkanes of at least 4 members (excludes halogenated alkanes) is 1. The first-order valence-electron chi connectivity index (χ1n) is 24.0. The van der Waals surface area contributed by atoms with Gasteiger partial charge >= 0.3 is 0 Å². The lowest BCUT2D eigenvalue weighted by Gasteiger charge is -2.30. The molecule has 0 saturated heterocycles. The second kappa shape index (κ2) is 28.3. The van der Waals surface area contributed by atoms with Crippen molar-refractivity contribution in [3.05, 3.63) is 71.8 Å². The quantitative estimate of drug-likeness (QED) is 0.0591. The smallest absolute Gasteiger partial charge is 0.243 e. The highest BCUT2D eigenvalue weighted by molar-refractivity contribution is 5.97. The number of carbonyl (C=O) groups excluding carboxylic acids is 6. The van der Waals surface area contributed by atoms with Crippen molar-refractivity contribution in [1.82, 2.24) is 31.5 Å². The van der Waals surface area contributed by atoms with Crippen molar-refractivity contribution >= 4 is 35.3 Å². The van der Waals surface area contributed by atoms with E-state index < -0.39 is 66.4 Å². The largest absolute Gasteiger partial charge is 0.394 e. The van der Waals surface area contributed by atoms with Crippen LogP contribution in [0.2, 0.25) is 0 Å². The molecular weight excluding hydrogens is 809 g/mol. The fraction of sp³-hybridized carbons (Fsp3) is 0.647. The van der Waals surface area contributed by atoms with Gasteiger partial charge in [-0.15, -0.1) is 0 Å². The number of nitrogens with zero attached hydrogens (tertiary/aromatic N) is 1. The Bertz CT molecular complexity index is 1730. The molecule has 64 heavy (non-hydrogen) atoms. The van der Waals surface area contributed by atoms with E-state index in [9.17, 15) is 33.9 Å². The SMILES string of the molecule is CCCC(C)CC1CCC(C(=O)N[C@@H](Cc2ccccc2)C(=O)N[C@@H](C)C(=O)N[C@@H](Cc2ccccc2)C(=O)N[C@@H](CCCCN(CC)C(C)C)C(=O)N[C@@H](CO)C(=O)C(C)C)CC1. The summed E-state index contributed by atoms with van der Waals surface area (Å²) in [4.78, 5) is 84.8. The monoisotopic (exact) mass is 889 g/mol. The third-order valence-electron chi connectivity index (χ3n) is 12.7. The number of Topliss-reactive ketones (excluding diaryl/α,β-unsaturated/α-hetero) is 1. The molecule has 0 radical (unpaired) electrons.